The molecular weight excluding hydrogens is 623 g/mol. The van der Waals surface area contributed by atoms with Crippen molar-refractivity contribution >= 4 is 41.1 Å². The van der Waals surface area contributed by atoms with Gasteiger partial charge in [0.15, 0.2) is 0 Å². The highest BCUT2D eigenvalue weighted by Gasteiger charge is 2.66. The number of likely N-dealkylation sites (N-methyl/N-ethyl adjacent to an activating group) is 1. The van der Waals surface area contributed by atoms with Gasteiger partial charge in [-0.3, -0.25) is 19.2 Å². The second-order valence-corrected chi connectivity index (χ2v) is 14.4. The van der Waals surface area contributed by atoms with Crippen LogP contribution in [0.3, 0.4) is 0 Å². The van der Waals surface area contributed by atoms with Crippen LogP contribution in [0.2, 0.25) is 0 Å². The van der Waals surface area contributed by atoms with Crippen molar-refractivity contribution in [3.05, 3.63) is 47.1 Å². The fraction of sp³-hybridized carbons (Fsp3) is 0.618. The second kappa shape index (κ2) is 15.2. The van der Waals surface area contributed by atoms with Crippen molar-refractivity contribution in [2.75, 3.05) is 38.5 Å². The minimum atomic E-state index is -0.924. The molecule has 1 aromatic carbocycles. The van der Waals surface area contributed by atoms with Crippen LogP contribution >= 0.6 is 11.8 Å². The number of hydrogen-bond acceptors (Lipinski definition) is 8. The smallest absolute Gasteiger partial charge is 0.257 e. The molecule has 4 amide bonds. The van der Waals surface area contributed by atoms with Gasteiger partial charge in [0.1, 0.15) is 33.8 Å². The van der Waals surface area contributed by atoms with Crippen LogP contribution in [0.25, 0.3) is 0 Å². The van der Waals surface area contributed by atoms with Crippen LogP contribution in [0.4, 0.5) is 10.1 Å². The predicted molar refractivity (Wildman–Crippen MR) is 178 cm³/mol. The second-order valence-electron chi connectivity index (χ2n) is 13.0. The molecule has 0 radical (unpaired) electrons. The summed E-state index contributed by atoms with van der Waals surface area (Å²) in [5.74, 6) is -2.24. The number of anilines is 1. The van der Waals surface area contributed by atoms with Crippen molar-refractivity contribution in [1.29, 1.82) is 0 Å². The topological polar surface area (TPSA) is 137 Å². The molecule has 13 heteroatoms. The predicted octanol–water partition coefficient (Wildman–Crippen LogP) is 4.30. The first-order valence-electron chi connectivity index (χ1n) is 16.9. The highest BCUT2D eigenvalue weighted by molar-refractivity contribution is 8.09. The molecule has 1 unspecified atom stereocenters. The first-order chi connectivity index (χ1) is 22.6. The van der Waals surface area contributed by atoms with Crippen molar-refractivity contribution in [3.8, 4) is 0 Å². The molecule has 2 aliphatic heterocycles. The molecule has 3 fully saturated rings. The number of nitrogens with zero attached hydrogens (tertiary/aromatic N) is 3. The average molecular weight is 671 g/mol. The number of aryl methyl sites for hydroxylation is 1. The lowest BCUT2D eigenvalue weighted by Crippen LogP contribution is -2.55. The van der Waals surface area contributed by atoms with E-state index in [0.717, 1.165) is 51.6 Å². The van der Waals surface area contributed by atoms with Gasteiger partial charge in [0.05, 0.1) is 11.4 Å². The summed E-state index contributed by atoms with van der Waals surface area (Å²) in [7, 11) is 2.00. The van der Waals surface area contributed by atoms with Gasteiger partial charge in [0.25, 0.3) is 5.91 Å². The molecule has 47 heavy (non-hydrogen) atoms. The highest BCUT2D eigenvalue weighted by Crippen LogP contribution is 2.60. The number of carbonyl (C=O) groups is 4. The van der Waals surface area contributed by atoms with E-state index >= 15 is 4.39 Å². The number of aromatic nitrogens is 1. The zero-order valence-corrected chi connectivity index (χ0v) is 28.6. The molecular formula is C34H47FN6O5S. The van der Waals surface area contributed by atoms with E-state index in [1.165, 1.54) is 30.2 Å². The van der Waals surface area contributed by atoms with Crippen molar-refractivity contribution in [3.63, 3.8) is 0 Å². The maximum absolute atomic E-state index is 15.8. The summed E-state index contributed by atoms with van der Waals surface area (Å²) in [5.41, 5.74) is 1.47. The van der Waals surface area contributed by atoms with E-state index in [1.807, 2.05) is 14.0 Å². The molecule has 3 heterocycles. The average Bonchev–Trinajstić information content (AvgIpc) is 3.69. The van der Waals surface area contributed by atoms with E-state index in [0.29, 0.717) is 36.3 Å². The van der Waals surface area contributed by atoms with Crippen molar-refractivity contribution < 1.29 is 28.1 Å². The summed E-state index contributed by atoms with van der Waals surface area (Å²) in [6.07, 6.45) is 7.98. The zero-order valence-electron chi connectivity index (χ0n) is 27.8. The fourth-order valence-electron chi connectivity index (χ4n) is 6.80. The normalized spacial score (nSPS) is 23.3. The molecule has 1 aliphatic carbocycles. The van der Waals surface area contributed by atoms with Crippen LogP contribution in [0, 0.1) is 11.7 Å². The lowest BCUT2D eigenvalue weighted by atomic mass is 9.84. The fourth-order valence-corrected chi connectivity index (χ4v) is 8.23. The van der Waals surface area contributed by atoms with E-state index in [-0.39, 0.29) is 41.7 Å². The molecule has 1 saturated carbocycles. The minimum absolute atomic E-state index is 0.0271. The minimum Gasteiger partial charge on any atom is -0.364 e. The van der Waals surface area contributed by atoms with Crippen molar-refractivity contribution in [2.24, 2.45) is 5.92 Å². The Hall–Kier alpha value is -3.45. The van der Waals surface area contributed by atoms with Crippen LogP contribution in [0.5, 0.6) is 0 Å². The Balaban J connectivity index is 1.33. The molecule has 1 aromatic heterocycles. The third-order valence-electron chi connectivity index (χ3n) is 9.93. The molecule has 5 rings (SSSR count). The molecule has 3 N–H and O–H groups in total. The van der Waals surface area contributed by atoms with Crippen LogP contribution in [-0.2, 0) is 20.8 Å². The van der Waals surface area contributed by atoms with Gasteiger partial charge in [-0.15, -0.1) is 11.8 Å². The summed E-state index contributed by atoms with van der Waals surface area (Å²) in [5, 5.41) is 12.1. The highest BCUT2D eigenvalue weighted by atomic mass is 32.2. The number of rotatable bonds is 11. The van der Waals surface area contributed by atoms with Gasteiger partial charge in [-0.25, -0.2) is 4.39 Å². The van der Waals surface area contributed by atoms with Crippen molar-refractivity contribution in [2.45, 2.75) is 94.2 Å². The van der Waals surface area contributed by atoms with Gasteiger partial charge in [0.2, 0.25) is 17.7 Å². The first-order valence-corrected chi connectivity index (χ1v) is 17.8. The number of benzene rings is 1. The standard InChI is InChI=1S/C34H47FN6O5S/c1-5-26-24(20-46-39-26)30(43)38-33-34(47-33,23-11-9-7-8-10-12-23)32(45)36-27-14-13-22(19-25(27)35)21(3)29(37-28(42)6-2)31(44)41-17-15-40(4)16-18-41/h13-14,19-21,23,29,33H,5-12,15-18H2,1-4H3,(H,36,45)(H,37,42)(H,38,43)/t21-,29+,33?,34+/m0/s1. The lowest BCUT2D eigenvalue weighted by molar-refractivity contribution is -0.138. The molecule has 3 aliphatic rings. The summed E-state index contributed by atoms with van der Waals surface area (Å²) < 4.78 is 19.8. The van der Waals surface area contributed by atoms with E-state index in [4.69, 9.17) is 4.52 Å². The van der Waals surface area contributed by atoms with Crippen molar-refractivity contribution in [1.82, 2.24) is 25.6 Å². The Bertz CT molecular complexity index is 1450. The molecule has 2 aromatic rings. The van der Waals surface area contributed by atoms with Gasteiger partial charge in [-0.2, -0.15) is 0 Å². The Morgan fingerprint density at radius 3 is 2.43 bits per heavy atom. The van der Waals surface area contributed by atoms with Gasteiger partial charge >= 0.3 is 0 Å². The van der Waals surface area contributed by atoms with Gasteiger partial charge in [0, 0.05) is 38.5 Å². The van der Waals surface area contributed by atoms with E-state index in [1.54, 1.807) is 24.8 Å². The monoisotopic (exact) mass is 670 g/mol. The molecule has 11 nitrogen and oxygen atoms in total. The Kier molecular flexibility index (Phi) is 11.3. The van der Waals surface area contributed by atoms with Crippen LogP contribution in [-0.4, -0.2) is 88.0 Å². The quantitative estimate of drug-likeness (QED) is 0.238. The Morgan fingerprint density at radius 2 is 1.79 bits per heavy atom. The van der Waals surface area contributed by atoms with Gasteiger partial charge in [-0.1, -0.05) is 57.7 Å². The van der Waals surface area contributed by atoms with Crippen LogP contribution in [0.15, 0.2) is 29.0 Å². The zero-order chi connectivity index (χ0) is 33.7. The maximum Gasteiger partial charge on any atom is 0.257 e. The van der Waals surface area contributed by atoms with E-state index in [9.17, 15) is 19.2 Å². The number of piperazine rings is 1. The number of halogens is 1. The Morgan fingerprint density at radius 1 is 1.09 bits per heavy atom. The van der Waals surface area contributed by atoms with E-state index in [2.05, 4.69) is 26.0 Å². The number of thioether (sulfide) groups is 1. The molecule has 0 spiro atoms. The third kappa shape index (κ3) is 7.66. The Labute approximate surface area is 280 Å². The molecule has 0 bridgehead atoms. The van der Waals surface area contributed by atoms with E-state index < -0.39 is 27.9 Å². The van der Waals surface area contributed by atoms with Crippen LogP contribution in [0.1, 0.15) is 93.3 Å². The van der Waals surface area contributed by atoms with Gasteiger partial charge < -0.3 is 30.3 Å². The number of amides is 4. The first kappa shape index (κ1) is 34.9. The number of nitrogens with one attached hydrogen (secondary N) is 3. The van der Waals surface area contributed by atoms with Gasteiger partial charge in [-0.05, 0) is 49.9 Å². The summed E-state index contributed by atoms with van der Waals surface area (Å²) in [6, 6.07) is 3.69. The third-order valence-corrected chi connectivity index (χ3v) is 11.5. The summed E-state index contributed by atoms with van der Waals surface area (Å²) in [6.45, 7) is 8.00. The summed E-state index contributed by atoms with van der Waals surface area (Å²) >= 11 is 1.41. The number of carbonyl (C=O) groups excluding carboxylic acids is 4. The lowest BCUT2D eigenvalue weighted by Gasteiger charge is -2.36. The molecule has 2 saturated heterocycles. The largest absolute Gasteiger partial charge is 0.364 e. The SMILES string of the molecule is CCC(=O)N[C@@H](C(=O)N1CCN(C)CC1)[C@@H](C)c1ccc(NC(=O)[C@@]2(C3CCCCCC3)SC2NC(=O)c2conc2CC)c(F)c1. The number of hydrogen-bond donors (Lipinski definition) is 3. The maximum atomic E-state index is 15.8. The van der Waals surface area contributed by atoms with Crippen LogP contribution < -0.4 is 16.0 Å². The summed E-state index contributed by atoms with van der Waals surface area (Å²) in [4.78, 5) is 57.1. The molecule has 4 atom stereocenters. The molecule has 256 valence electrons.